The molecule has 25 heavy (non-hydrogen) atoms. The number of rotatable bonds is 5. The zero-order chi connectivity index (χ0) is 17.2. The fraction of sp³-hybridized carbons (Fsp3) is 0.158. The molecule has 0 aliphatic carbocycles. The maximum Gasteiger partial charge on any atom is 0.152 e. The molecule has 126 valence electrons. The molecule has 0 saturated carbocycles. The summed E-state index contributed by atoms with van der Waals surface area (Å²) in [6.45, 7) is 2.70. The summed E-state index contributed by atoms with van der Waals surface area (Å²) in [7, 11) is 0. The predicted molar refractivity (Wildman–Crippen MR) is 97.6 cm³/mol. The minimum absolute atomic E-state index is 0.387. The average Bonchev–Trinajstić information content (AvgIpc) is 2.97. The zero-order valence-corrected chi connectivity index (χ0v) is 13.8. The van der Waals surface area contributed by atoms with Crippen LogP contribution in [0.5, 0.6) is 5.75 Å². The van der Waals surface area contributed by atoms with Crippen LogP contribution in [0.25, 0.3) is 21.9 Å². The topological polar surface area (TPSA) is 75.2 Å². The first-order valence-corrected chi connectivity index (χ1v) is 8.08. The van der Waals surface area contributed by atoms with E-state index in [1.807, 2.05) is 61.5 Å². The largest absolute Gasteiger partial charge is 0.490 e. The summed E-state index contributed by atoms with van der Waals surface area (Å²) >= 11 is 0. The number of imidazole rings is 1. The maximum atomic E-state index is 6.07. The van der Waals surface area contributed by atoms with Crippen molar-refractivity contribution in [3.05, 3.63) is 60.4 Å². The summed E-state index contributed by atoms with van der Waals surface area (Å²) in [6, 6.07) is 17.5. The Labute approximate surface area is 144 Å². The lowest BCUT2D eigenvalue weighted by atomic mass is 10.2. The molecular formula is C19H18N4O2. The smallest absolute Gasteiger partial charge is 0.152 e. The monoisotopic (exact) mass is 334 g/mol. The summed E-state index contributed by atoms with van der Waals surface area (Å²) in [5.74, 6) is 1.94. The van der Waals surface area contributed by atoms with Crippen LogP contribution in [0.4, 0.5) is 5.82 Å². The van der Waals surface area contributed by atoms with Crippen molar-refractivity contribution in [2.24, 2.45) is 0 Å². The van der Waals surface area contributed by atoms with Gasteiger partial charge in [-0.15, -0.1) is 0 Å². The third kappa shape index (κ3) is 2.82. The molecule has 2 N–H and O–H groups in total. The molecule has 0 saturated heterocycles. The Hall–Kier alpha value is -3.28. The van der Waals surface area contributed by atoms with Crippen LogP contribution < -0.4 is 15.3 Å². The standard InChI is InChI=1S/C19H18N4O2/c1-13-21-17-18(15-9-5-6-10-16(15)22-19(17)20)23(13)25-12-11-24-14-7-3-2-4-8-14/h2-10H,11-12H2,1H3,(H2,20,22). The highest BCUT2D eigenvalue weighted by Gasteiger charge is 2.16. The molecular weight excluding hydrogens is 316 g/mol. The van der Waals surface area contributed by atoms with Crippen LogP contribution in [-0.4, -0.2) is 27.9 Å². The van der Waals surface area contributed by atoms with E-state index in [1.54, 1.807) is 4.73 Å². The molecule has 0 aliphatic heterocycles. The van der Waals surface area contributed by atoms with Gasteiger partial charge in [-0.05, 0) is 25.1 Å². The van der Waals surface area contributed by atoms with E-state index in [4.69, 9.17) is 15.3 Å². The number of hydrogen-bond acceptors (Lipinski definition) is 5. The number of pyridine rings is 1. The SMILES string of the molecule is Cc1nc2c(N)nc3ccccc3c2n1OCCOc1ccccc1. The van der Waals surface area contributed by atoms with Crippen molar-refractivity contribution in [3.8, 4) is 5.75 Å². The van der Waals surface area contributed by atoms with Gasteiger partial charge in [0, 0.05) is 5.39 Å². The molecule has 0 amide bonds. The number of hydrogen-bond donors (Lipinski definition) is 1. The van der Waals surface area contributed by atoms with Gasteiger partial charge in [-0.2, -0.15) is 4.73 Å². The molecule has 0 radical (unpaired) electrons. The fourth-order valence-electron chi connectivity index (χ4n) is 2.85. The molecule has 0 fully saturated rings. The molecule has 6 heteroatoms. The Morgan fingerprint density at radius 3 is 2.56 bits per heavy atom. The second-order valence-electron chi connectivity index (χ2n) is 5.66. The van der Waals surface area contributed by atoms with Crippen molar-refractivity contribution in [1.82, 2.24) is 14.7 Å². The minimum Gasteiger partial charge on any atom is -0.490 e. The van der Waals surface area contributed by atoms with Gasteiger partial charge < -0.3 is 15.3 Å². The van der Waals surface area contributed by atoms with Crippen molar-refractivity contribution in [2.45, 2.75) is 6.92 Å². The lowest BCUT2D eigenvalue weighted by Crippen LogP contribution is -2.19. The highest BCUT2D eigenvalue weighted by Crippen LogP contribution is 2.27. The molecule has 0 atom stereocenters. The van der Waals surface area contributed by atoms with E-state index in [0.717, 1.165) is 28.0 Å². The summed E-state index contributed by atoms with van der Waals surface area (Å²) < 4.78 is 7.38. The van der Waals surface area contributed by atoms with Gasteiger partial charge in [0.1, 0.15) is 35.8 Å². The number of fused-ring (bicyclic) bond motifs is 3. The number of anilines is 1. The first-order valence-electron chi connectivity index (χ1n) is 8.08. The highest BCUT2D eigenvalue weighted by atomic mass is 16.7. The Bertz CT molecular complexity index is 1030. The summed E-state index contributed by atoms with van der Waals surface area (Å²) in [6.07, 6.45) is 0. The molecule has 2 heterocycles. The van der Waals surface area contributed by atoms with E-state index < -0.39 is 0 Å². The normalized spacial score (nSPS) is 11.1. The van der Waals surface area contributed by atoms with E-state index in [1.165, 1.54) is 0 Å². The van der Waals surface area contributed by atoms with Crippen LogP contribution >= 0.6 is 0 Å². The van der Waals surface area contributed by atoms with E-state index in [2.05, 4.69) is 9.97 Å². The number of benzene rings is 2. The minimum atomic E-state index is 0.387. The number of ether oxygens (including phenoxy) is 1. The second kappa shape index (κ2) is 6.32. The van der Waals surface area contributed by atoms with E-state index >= 15 is 0 Å². The molecule has 2 aromatic heterocycles. The molecule has 0 aliphatic rings. The molecule has 0 unspecified atom stereocenters. The van der Waals surface area contributed by atoms with Crippen LogP contribution in [-0.2, 0) is 0 Å². The molecule has 0 spiro atoms. The van der Waals surface area contributed by atoms with Crippen molar-refractivity contribution in [1.29, 1.82) is 0 Å². The fourth-order valence-corrected chi connectivity index (χ4v) is 2.85. The van der Waals surface area contributed by atoms with E-state index in [9.17, 15) is 0 Å². The predicted octanol–water partition coefficient (Wildman–Crippen LogP) is 2.98. The number of para-hydroxylation sites is 2. The molecule has 0 bridgehead atoms. The van der Waals surface area contributed by atoms with E-state index in [-0.39, 0.29) is 0 Å². The van der Waals surface area contributed by atoms with Crippen LogP contribution in [0.1, 0.15) is 5.82 Å². The zero-order valence-electron chi connectivity index (χ0n) is 13.8. The van der Waals surface area contributed by atoms with Crippen LogP contribution in [0.2, 0.25) is 0 Å². The number of aryl methyl sites for hydroxylation is 1. The first-order chi connectivity index (χ1) is 12.2. The highest BCUT2D eigenvalue weighted by molar-refractivity contribution is 6.06. The molecule has 4 rings (SSSR count). The summed E-state index contributed by atoms with van der Waals surface area (Å²) in [5.41, 5.74) is 8.37. The first kappa shape index (κ1) is 15.3. The maximum absolute atomic E-state index is 6.07. The average molecular weight is 334 g/mol. The van der Waals surface area contributed by atoms with Gasteiger partial charge >= 0.3 is 0 Å². The second-order valence-corrected chi connectivity index (χ2v) is 5.66. The van der Waals surface area contributed by atoms with Gasteiger partial charge in [0.05, 0.1) is 5.52 Å². The lowest BCUT2D eigenvalue weighted by molar-refractivity contribution is 0.0858. The summed E-state index contributed by atoms with van der Waals surface area (Å²) in [4.78, 5) is 14.8. The number of aromatic nitrogens is 3. The molecule has 2 aromatic carbocycles. The Morgan fingerprint density at radius 1 is 0.960 bits per heavy atom. The van der Waals surface area contributed by atoms with Crippen LogP contribution in [0, 0.1) is 6.92 Å². The van der Waals surface area contributed by atoms with Crippen LogP contribution in [0.15, 0.2) is 54.6 Å². The van der Waals surface area contributed by atoms with Crippen molar-refractivity contribution >= 4 is 27.8 Å². The van der Waals surface area contributed by atoms with Crippen LogP contribution in [0.3, 0.4) is 0 Å². The van der Waals surface area contributed by atoms with Gasteiger partial charge in [0.2, 0.25) is 0 Å². The third-order valence-electron chi connectivity index (χ3n) is 3.95. The Kier molecular flexibility index (Phi) is 3.85. The number of nitrogens with zero attached hydrogens (tertiary/aromatic N) is 3. The van der Waals surface area contributed by atoms with E-state index in [0.29, 0.717) is 24.5 Å². The van der Waals surface area contributed by atoms with Gasteiger partial charge in [0.25, 0.3) is 0 Å². The summed E-state index contributed by atoms with van der Waals surface area (Å²) in [5, 5.41) is 0.955. The van der Waals surface area contributed by atoms with Gasteiger partial charge in [-0.1, -0.05) is 36.4 Å². The molecule has 6 nitrogen and oxygen atoms in total. The molecule has 4 aromatic rings. The van der Waals surface area contributed by atoms with Crippen molar-refractivity contribution < 1.29 is 9.57 Å². The lowest BCUT2D eigenvalue weighted by Gasteiger charge is -2.11. The Morgan fingerprint density at radius 2 is 1.72 bits per heavy atom. The number of nitrogens with two attached hydrogens (primary N) is 1. The van der Waals surface area contributed by atoms with Crippen molar-refractivity contribution in [3.63, 3.8) is 0 Å². The Balaban J connectivity index is 1.62. The van der Waals surface area contributed by atoms with Gasteiger partial charge in [-0.25, -0.2) is 9.97 Å². The quantitative estimate of drug-likeness (QED) is 0.568. The third-order valence-corrected chi connectivity index (χ3v) is 3.95. The van der Waals surface area contributed by atoms with Gasteiger partial charge in [-0.3, -0.25) is 0 Å². The number of nitrogen functional groups attached to an aromatic ring is 1. The van der Waals surface area contributed by atoms with Crippen molar-refractivity contribution in [2.75, 3.05) is 18.9 Å². The van der Waals surface area contributed by atoms with Gasteiger partial charge in [0.15, 0.2) is 5.82 Å².